The second kappa shape index (κ2) is 7.26. The van der Waals surface area contributed by atoms with Crippen LogP contribution >= 0.6 is 0 Å². The molecule has 1 amide bonds. The molecule has 1 aliphatic heterocycles. The first-order valence-corrected chi connectivity index (χ1v) is 7.88. The molecular weight excluding hydrogens is 248 g/mol. The van der Waals surface area contributed by atoms with Crippen molar-refractivity contribution in [2.45, 2.75) is 59.9 Å². The summed E-state index contributed by atoms with van der Waals surface area (Å²) in [5.41, 5.74) is 1.40. The maximum atomic E-state index is 12.2. The first kappa shape index (κ1) is 17.2. The number of carbonyl (C=O) groups is 1. The Labute approximate surface area is 124 Å². The Morgan fingerprint density at radius 2 is 2.05 bits per heavy atom. The van der Waals surface area contributed by atoms with E-state index in [2.05, 4.69) is 46.5 Å². The number of carbonyl (C=O) groups excluding carboxylic acids is 1. The molecule has 116 valence electrons. The van der Waals surface area contributed by atoms with E-state index in [1.165, 1.54) is 0 Å². The Morgan fingerprint density at radius 3 is 2.60 bits per heavy atom. The smallest absolute Gasteiger partial charge is 0.222 e. The van der Waals surface area contributed by atoms with Crippen LogP contribution in [0.4, 0.5) is 0 Å². The van der Waals surface area contributed by atoms with Gasteiger partial charge < -0.3 is 10.2 Å². The number of hydrogen-bond acceptors (Lipinski definition) is 2. The van der Waals surface area contributed by atoms with Crippen molar-refractivity contribution < 1.29 is 4.79 Å². The highest BCUT2D eigenvalue weighted by Gasteiger charge is 2.29. The largest absolute Gasteiger partial charge is 0.339 e. The SMILES string of the molecule is C=C(CNC(C)C)CN1CCC(C(C)(C)C)CCC1=O. The highest BCUT2D eigenvalue weighted by atomic mass is 16.2. The fraction of sp³-hybridized carbons (Fsp3) is 0.824. The summed E-state index contributed by atoms with van der Waals surface area (Å²) in [7, 11) is 0. The van der Waals surface area contributed by atoms with Gasteiger partial charge in [-0.1, -0.05) is 41.2 Å². The molecule has 0 aliphatic carbocycles. The van der Waals surface area contributed by atoms with Crippen LogP contribution in [0.5, 0.6) is 0 Å². The normalized spacial score (nSPS) is 21.2. The third-order valence-electron chi connectivity index (χ3n) is 4.21. The van der Waals surface area contributed by atoms with E-state index in [1.807, 2.05) is 4.90 Å². The fourth-order valence-corrected chi connectivity index (χ4v) is 2.74. The first-order valence-electron chi connectivity index (χ1n) is 7.88. The van der Waals surface area contributed by atoms with Crippen LogP contribution in [0, 0.1) is 11.3 Å². The van der Waals surface area contributed by atoms with Crippen molar-refractivity contribution in [3.05, 3.63) is 12.2 Å². The molecule has 0 aromatic carbocycles. The van der Waals surface area contributed by atoms with E-state index >= 15 is 0 Å². The van der Waals surface area contributed by atoms with Crippen molar-refractivity contribution in [3.63, 3.8) is 0 Å². The zero-order chi connectivity index (χ0) is 15.3. The lowest BCUT2D eigenvalue weighted by Gasteiger charge is -2.29. The van der Waals surface area contributed by atoms with E-state index in [-0.39, 0.29) is 0 Å². The van der Waals surface area contributed by atoms with Gasteiger partial charge in [-0.15, -0.1) is 0 Å². The zero-order valence-corrected chi connectivity index (χ0v) is 14.0. The number of hydrogen-bond donors (Lipinski definition) is 1. The Bertz CT molecular complexity index is 341. The molecular formula is C17H32N2O. The number of rotatable bonds is 5. The predicted octanol–water partition coefficient (Wildman–Crippen LogP) is 3.22. The highest BCUT2D eigenvalue weighted by molar-refractivity contribution is 5.76. The minimum atomic E-state index is 0.294. The van der Waals surface area contributed by atoms with Crippen molar-refractivity contribution in [2.24, 2.45) is 11.3 Å². The molecule has 1 heterocycles. The lowest BCUT2D eigenvalue weighted by atomic mass is 9.77. The van der Waals surface area contributed by atoms with Gasteiger partial charge >= 0.3 is 0 Å². The van der Waals surface area contributed by atoms with Crippen molar-refractivity contribution in [1.29, 1.82) is 0 Å². The van der Waals surface area contributed by atoms with Gasteiger partial charge in [-0.3, -0.25) is 4.79 Å². The van der Waals surface area contributed by atoms with Gasteiger partial charge in [0, 0.05) is 32.1 Å². The molecule has 0 aromatic rings. The summed E-state index contributed by atoms with van der Waals surface area (Å²) in [6, 6.07) is 0.455. The molecule has 1 atom stereocenters. The third kappa shape index (κ3) is 5.66. The Kier molecular flexibility index (Phi) is 6.25. The van der Waals surface area contributed by atoms with Gasteiger partial charge in [0.2, 0.25) is 5.91 Å². The number of amides is 1. The molecule has 3 nitrogen and oxygen atoms in total. The van der Waals surface area contributed by atoms with Crippen LogP contribution in [-0.2, 0) is 4.79 Å². The van der Waals surface area contributed by atoms with E-state index in [9.17, 15) is 4.79 Å². The molecule has 0 bridgehead atoms. The summed E-state index contributed by atoms with van der Waals surface area (Å²) in [6.45, 7) is 17.6. The van der Waals surface area contributed by atoms with Crippen LogP contribution in [0.15, 0.2) is 12.2 Å². The molecule has 0 aromatic heterocycles. The van der Waals surface area contributed by atoms with Crippen LogP contribution in [0.3, 0.4) is 0 Å². The van der Waals surface area contributed by atoms with Gasteiger partial charge in [-0.2, -0.15) is 0 Å². The minimum absolute atomic E-state index is 0.294. The fourth-order valence-electron chi connectivity index (χ4n) is 2.74. The van der Waals surface area contributed by atoms with Gasteiger partial charge in [0.15, 0.2) is 0 Å². The molecule has 0 saturated carbocycles. The van der Waals surface area contributed by atoms with Gasteiger partial charge in [0.05, 0.1) is 0 Å². The van der Waals surface area contributed by atoms with Gasteiger partial charge in [-0.25, -0.2) is 0 Å². The molecule has 1 aliphatic rings. The van der Waals surface area contributed by atoms with Crippen LogP contribution in [0.2, 0.25) is 0 Å². The van der Waals surface area contributed by atoms with E-state index in [0.717, 1.165) is 31.5 Å². The summed E-state index contributed by atoms with van der Waals surface area (Å²) >= 11 is 0. The van der Waals surface area contributed by atoms with Crippen molar-refractivity contribution in [1.82, 2.24) is 10.2 Å². The number of likely N-dealkylation sites (tertiary alicyclic amines) is 1. The standard InChI is InChI=1S/C17H32N2O/c1-13(2)18-11-14(3)12-19-10-9-15(17(4,5)6)7-8-16(19)20/h13,15,18H,3,7-12H2,1-2,4-6H3. The molecule has 20 heavy (non-hydrogen) atoms. The third-order valence-corrected chi connectivity index (χ3v) is 4.21. The monoisotopic (exact) mass is 280 g/mol. The van der Waals surface area contributed by atoms with Gasteiger partial charge in [0.1, 0.15) is 0 Å². The second-order valence-electron chi connectivity index (χ2n) is 7.49. The number of nitrogens with zero attached hydrogens (tertiary/aromatic N) is 1. The average molecular weight is 280 g/mol. The summed E-state index contributed by atoms with van der Waals surface area (Å²) in [5, 5.41) is 3.36. The Hall–Kier alpha value is -0.830. The van der Waals surface area contributed by atoms with Gasteiger partial charge in [0.25, 0.3) is 0 Å². The molecule has 1 unspecified atom stereocenters. The lowest BCUT2D eigenvalue weighted by molar-refractivity contribution is -0.130. The van der Waals surface area contributed by atoms with Crippen LogP contribution in [-0.4, -0.2) is 36.5 Å². The Balaban J connectivity index is 2.50. The quantitative estimate of drug-likeness (QED) is 0.784. The van der Waals surface area contributed by atoms with Crippen LogP contribution in [0.1, 0.15) is 53.9 Å². The summed E-state index contributed by atoms with van der Waals surface area (Å²) in [5.74, 6) is 0.931. The first-order chi connectivity index (χ1) is 9.20. The van der Waals surface area contributed by atoms with Crippen molar-refractivity contribution in [3.8, 4) is 0 Å². The van der Waals surface area contributed by atoms with Crippen LogP contribution < -0.4 is 5.32 Å². The molecule has 1 N–H and O–H groups in total. The van der Waals surface area contributed by atoms with E-state index in [0.29, 0.717) is 36.2 Å². The Morgan fingerprint density at radius 1 is 1.40 bits per heavy atom. The minimum Gasteiger partial charge on any atom is -0.339 e. The maximum absolute atomic E-state index is 12.2. The maximum Gasteiger partial charge on any atom is 0.222 e. The van der Waals surface area contributed by atoms with E-state index < -0.39 is 0 Å². The summed E-state index contributed by atoms with van der Waals surface area (Å²) in [6.07, 6.45) is 2.82. The summed E-state index contributed by atoms with van der Waals surface area (Å²) in [4.78, 5) is 14.2. The molecule has 1 saturated heterocycles. The number of nitrogens with one attached hydrogen (secondary N) is 1. The lowest BCUT2D eigenvalue weighted by Crippen LogP contribution is -2.35. The van der Waals surface area contributed by atoms with Gasteiger partial charge in [-0.05, 0) is 29.7 Å². The topological polar surface area (TPSA) is 32.3 Å². The average Bonchev–Trinajstić information content (AvgIpc) is 2.49. The van der Waals surface area contributed by atoms with E-state index in [1.54, 1.807) is 0 Å². The molecule has 0 spiro atoms. The zero-order valence-electron chi connectivity index (χ0n) is 14.0. The summed E-state index contributed by atoms with van der Waals surface area (Å²) < 4.78 is 0. The van der Waals surface area contributed by atoms with Crippen molar-refractivity contribution >= 4 is 5.91 Å². The predicted molar refractivity (Wildman–Crippen MR) is 85.7 cm³/mol. The highest BCUT2D eigenvalue weighted by Crippen LogP contribution is 2.34. The molecule has 1 rings (SSSR count). The second-order valence-corrected chi connectivity index (χ2v) is 7.49. The van der Waals surface area contributed by atoms with E-state index in [4.69, 9.17) is 0 Å². The molecule has 3 heteroatoms. The molecule has 1 fully saturated rings. The molecule has 0 radical (unpaired) electrons. The van der Waals surface area contributed by atoms with Crippen LogP contribution in [0.25, 0.3) is 0 Å². The van der Waals surface area contributed by atoms with Crippen molar-refractivity contribution in [2.75, 3.05) is 19.6 Å².